The van der Waals surface area contributed by atoms with E-state index in [4.69, 9.17) is 15.2 Å². The Bertz CT molecular complexity index is 461. The maximum Gasteiger partial charge on any atom is 0.175 e. The third kappa shape index (κ3) is 2.24. The van der Waals surface area contributed by atoms with Crippen molar-refractivity contribution in [1.29, 1.82) is 0 Å². The summed E-state index contributed by atoms with van der Waals surface area (Å²) in [6, 6.07) is 4.55. The molecule has 18 heavy (non-hydrogen) atoms. The second-order valence-electron chi connectivity index (χ2n) is 5.25. The van der Waals surface area contributed by atoms with E-state index in [-0.39, 0.29) is 6.04 Å². The molecule has 2 aliphatic rings. The molecule has 0 bridgehead atoms. The molecule has 3 rings (SSSR count). The highest BCUT2D eigenvalue weighted by molar-refractivity contribution is 9.10. The molecule has 2 N–H and O–H groups in total. The zero-order valence-corrected chi connectivity index (χ0v) is 12.1. The molecule has 0 aromatic heterocycles. The van der Waals surface area contributed by atoms with Gasteiger partial charge in [-0.05, 0) is 58.8 Å². The van der Waals surface area contributed by atoms with Gasteiger partial charge in [-0.3, -0.25) is 0 Å². The van der Waals surface area contributed by atoms with Gasteiger partial charge < -0.3 is 15.2 Å². The molecule has 1 fully saturated rings. The van der Waals surface area contributed by atoms with Crippen LogP contribution in [0.3, 0.4) is 0 Å². The van der Waals surface area contributed by atoms with Gasteiger partial charge in [0.25, 0.3) is 0 Å². The Labute approximate surface area is 116 Å². The summed E-state index contributed by atoms with van der Waals surface area (Å²) >= 11 is 3.58. The van der Waals surface area contributed by atoms with E-state index in [1.165, 1.54) is 12.0 Å². The molecule has 1 aromatic rings. The van der Waals surface area contributed by atoms with Gasteiger partial charge in [-0.15, -0.1) is 0 Å². The van der Waals surface area contributed by atoms with E-state index in [1.807, 2.05) is 0 Å². The van der Waals surface area contributed by atoms with Crippen molar-refractivity contribution in [2.45, 2.75) is 31.7 Å². The van der Waals surface area contributed by atoms with Gasteiger partial charge in [-0.25, -0.2) is 0 Å². The van der Waals surface area contributed by atoms with Crippen LogP contribution in [0.15, 0.2) is 16.6 Å². The lowest BCUT2D eigenvalue weighted by atomic mass is 10.1. The van der Waals surface area contributed by atoms with Crippen molar-refractivity contribution in [2.75, 3.05) is 13.2 Å². The zero-order chi connectivity index (χ0) is 12.7. The first kappa shape index (κ1) is 12.3. The van der Waals surface area contributed by atoms with Crippen molar-refractivity contribution < 1.29 is 9.47 Å². The van der Waals surface area contributed by atoms with Crippen LogP contribution in [0.4, 0.5) is 0 Å². The minimum atomic E-state index is 0.268. The number of rotatable bonds is 2. The van der Waals surface area contributed by atoms with Crippen LogP contribution in [0.5, 0.6) is 11.5 Å². The van der Waals surface area contributed by atoms with E-state index >= 15 is 0 Å². The van der Waals surface area contributed by atoms with Gasteiger partial charge in [0.15, 0.2) is 11.5 Å². The second-order valence-corrected chi connectivity index (χ2v) is 6.10. The fourth-order valence-electron chi connectivity index (χ4n) is 2.64. The second kappa shape index (κ2) is 4.74. The van der Waals surface area contributed by atoms with Crippen LogP contribution in [0.2, 0.25) is 0 Å². The van der Waals surface area contributed by atoms with Gasteiger partial charge in [-0.1, -0.05) is 0 Å². The Morgan fingerprint density at radius 1 is 1.33 bits per heavy atom. The lowest BCUT2D eigenvalue weighted by molar-refractivity contribution is 0.296. The van der Waals surface area contributed by atoms with E-state index < -0.39 is 0 Å². The molecule has 1 saturated carbocycles. The number of halogens is 1. The van der Waals surface area contributed by atoms with E-state index in [1.54, 1.807) is 0 Å². The quantitative estimate of drug-likeness (QED) is 0.913. The van der Waals surface area contributed by atoms with Crippen molar-refractivity contribution in [3.63, 3.8) is 0 Å². The maximum atomic E-state index is 5.96. The summed E-state index contributed by atoms with van der Waals surface area (Å²) in [5, 5.41) is 0. The van der Waals surface area contributed by atoms with Crippen LogP contribution >= 0.6 is 15.9 Å². The van der Waals surface area contributed by atoms with Gasteiger partial charge in [0, 0.05) is 12.5 Å². The SMILES string of the molecule is CC(N)C1CC1c1cc(Br)c2c(c1)OCCCO2. The standard InChI is InChI=1S/C14H18BrNO2/c1-8(16)10-7-11(10)9-5-12(15)14-13(6-9)17-3-2-4-18-14/h5-6,8,10-11H,2-4,7,16H2,1H3. The third-order valence-corrected chi connectivity index (χ3v) is 4.36. The van der Waals surface area contributed by atoms with E-state index in [0.717, 1.165) is 35.6 Å². The number of fused-ring (bicyclic) bond motifs is 1. The first-order valence-electron chi connectivity index (χ1n) is 6.51. The number of benzene rings is 1. The average molecular weight is 312 g/mol. The molecule has 0 saturated heterocycles. The molecular formula is C14H18BrNO2. The number of hydrogen-bond donors (Lipinski definition) is 1. The molecule has 4 heteroatoms. The summed E-state index contributed by atoms with van der Waals surface area (Å²) in [6.07, 6.45) is 2.12. The Balaban J connectivity index is 1.89. The molecule has 98 valence electrons. The molecule has 1 aliphatic carbocycles. The van der Waals surface area contributed by atoms with Crippen molar-refractivity contribution in [3.8, 4) is 11.5 Å². The lowest BCUT2D eigenvalue weighted by Crippen LogP contribution is -2.17. The minimum Gasteiger partial charge on any atom is -0.490 e. The predicted octanol–water partition coefficient (Wildman–Crippen LogP) is 3.06. The van der Waals surface area contributed by atoms with Gasteiger partial charge in [0.05, 0.1) is 17.7 Å². The van der Waals surface area contributed by atoms with Crippen molar-refractivity contribution in [2.24, 2.45) is 11.7 Å². The summed E-state index contributed by atoms with van der Waals surface area (Å²) in [6.45, 7) is 3.53. The fourth-order valence-corrected chi connectivity index (χ4v) is 3.22. The summed E-state index contributed by atoms with van der Waals surface area (Å²) in [5.41, 5.74) is 7.27. The highest BCUT2D eigenvalue weighted by Crippen LogP contribution is 2.51. The normalized spacial score (nSPS) is 27.5. The molecular weight excluding hydrogens is 294 g/mol. The van der Waals surface area contributed by atoms with Crippen molar-refractivity contribution in [1.82, 2.24) is 0 Å². The highest BCUT2D eigenvalue weighted by Gasteiger charge is 2.41. The summed E-state index contributed by atoms with van der Waals surface area (Å²) in [4.78, 5) is 0. The molecule has 3 atom stereocenters. The Morgan fingerprint density at radius 3 is 2.83 bits per heavy atom. The van der Waals surface area contributed by atoms with Crippen LogP contribution in [-0.2, 0) is 0 Å². The topological polar surface area (TPSA) is 44.5 Å². The van der Waals surface area contributed by atoms with Crippen molar-refractivity contribution in [3.05, 3.63) is 22.2 Å². The zero-order valence-electron chi connectivity index (χ0n) is 10.5. The smallest absolute Gasteiger partial charge is 0.175 e. The molecule has 3 nitrogen and oxygen atoms in total. The van der Waals surface area contributed by atoms with Gasteiger partial charge in [0.2, 0.25) is 0 Å². The van der Waals surface area contributed by atoms with Crippen LogP contribution in [-0.4, -0.2) is 19.3 Å². The molecule has 0 spiro atoms. The molecule has 1 aliphatic heterocycles. The largest absolute Gasteiger partial charge is 0.490 e. The Morgan fingerprint density at radius 2 is 2.11 bits per heavy atom. The minimum absolute atomic E-state index is 0.268. The number of ether oxygens (including phenoxy) is 2. The monoisotopic (exact) mass is 311 g/mol. The van der Waals surface area contributed by atoms with Gasteiger partial charge in [0.1, 0.15) is 0 Å². The van der Waals surface area contributed by atoms with E-state index in [9.17, 15) is 0 Å². The molecule has 0 radical (unpaired) electrons. The summed E-state index contributed by atoms with van der Waals surface area (Å²) in [5.74, 6) is 2.90. The van der Waals surface area contributed by atoms with E-state index in [0.29, 0.717) is 11.8 Å². The van der Waals surface area contributed by atoms with Gasteiger partial charge >= 0.3 is 0 Å². The average Bonchev–Trinajstić information content (AvgIpc) is 3.12. The first-order valence-corrected chi connectivity index (χ1v) is 7.30. The molecule has 1 aromatic carbocycles. The van der Waals surface area contributed by atoms with Crippen LogP contribution in [0.1, 0.15) is 31.2 Å². The third-order valence-electron chi connectivity index (χ3n) is 3.77. The lowest BCUT2D eigenvalue weighted by Gasteiger charge is -2.12. The van der Waals surface area contributed by atoms with Crippen LogP contribution in [0.25, 0.3) is 0 Å². The predicted molar refractivity (Wildman–Crippen MR) is 74.2 cm³/mol. The van der Waals surface area contributed by atoms with Crippen molar-refractivity contribution >= 4 is 15.9 Å². The van der Waals surface area contributed by atoms with E-state index in [2.05, 4.69) is 35.0 Å². The van der Waals surface area contributed by atoms with Gasteiger partial charge in [-0.2, -0.15) is 0 Å². The Kier molecular flexibility index (Phi) is 3.24. The van der Waals surface area contributed by atoms with Crippen LogP contribution < -0.4 is 15.2 Å². The molecule has 3 unspecified atom stereocenters. The molecule has 0 amide bonds. The highest BCUT2D eigenvalue weighted by atomic mass is 79.9. The first-order chi connectivity index (χ1) is 8.66. The number of nitrogens with two attached hydrogens (primary N) is 1. The fraction of sp³-hybridized carbons (Fsp3) is 0.571. The molecule has 1 heterocycles. The summed E-state index contributed by atoms with van der Waals surface area (Å²) < 4.78 is 12.5. The summed E-state index contributed by atoms with van der Waals surface area (Å²) in [7, 11) is 0. The van der Waals surface area contributed by atoms with Crippen LogP contribution in [0, 0.1) is 5.92 Å². The number of hydrogen-bond acceptors (Lipinski definition) is 3. The Hall–Kier alpha value is -0.740. The maximum absolute atomic E-state index is 5.96.